The van der Waals surface area contributed by atoms with Crippen LogP contribution in [0.25, 0.3) is 0 Å². The van der Waals surface area contributed by atoms with E-state index in [1.54, 1.807) is 30.3 Å². The molecule has 2 N–H and O–H groups in total. The number of anilines is 1. The van der Waals surface area contributed by atoms with E-state index < -0.39 is 11.9 Å². The Morgan fingerprint density at radius 3 is 2.23 bits per heavy atom. The fraction of sp³-hybridized carbons (Fsp3) is 0.250. The van der Waals surface area contributed by atoms with Crippen molar-refractivity contribution in [2.45, 2.75) is 19.3 Å². The van der Waals surface area contributed by atoms with Crippen LogP contribution in [0.2, 0.25) is 0 Å². The number of rotatable bonds is 4. The number of hydrogen-bond donors (Lipinski definition) is 2. The SMILES string of the molecule is O=C(O)c1cccc(C(=O)Nc2cccc(C(=O)N3CCCCC3)c2)c1. The maximum Gasteiger partial charge on any atom is 0.335 e. The second-order valence-electron chi connectivity index (χ2n) is 6.27. The van der Waals surface area contributed by atoms with E-state index in [2.05, 4.69) is 5.32 Å². The second kappa shape index (κ2) is 7.82. The molecule has 6 heteroatoms. The van der Waals surface area contributed by atoms with Gasteiger partial charge < -0.3 is 15.3 Å². The maximum atomic E-state index is 12.6. The Labute approximate surface area is 151 Å². The number of hydrogen-bond acceptors (Lipinski definition) is 3. The standard InChI is InChI=1S/C20H20N2O4/c23-18(14-6-4-8-16(12-14)20(25)26)21-17-9-5-7-15(13-17)19(24)22-10-2-1-3-11-22/h4-9,12-13H,1-3,10-11H2,(H,21,23)(H,25,26). The number of nitrogens with one attached hydrogen (secondary N) is 1. The highest BCUT2D eigenvalue weighted by molar-refractivity contribution is 6.06. The van der Waals surface area contributed by atoms with E-state index in [-0.39, 0.29) is 17.0 Å². The van der Waals surface area contributed by atoms with Crippen LogP contribution >= 0.6 is 0 Å². The molecule has 0 atom stereocenters. The third-order valence-corrected chi connectivity index (χ3v) is 4.38. The molecular formula is C20H20N2O4. The lowest BCUT2D eigenvalue weighted by atomic mass is 10.1. The first-order chi connectivity index (χ1) is 12.5. The van der Waals surface area contributed by atoms with Gasteiger partial charge >= 0.3 is 5.97 Å². The third kappa shape index (κ3) is 4.08. The van der Waals surface area contributed by atoms with Gasteiger partial charge in [0.1, 0.15) is 0 Å². The fourth-order valence-electron chi connectivity index (χ4n) is 3.01. The number of likely N-dealkylation sites (tertiary alicyclic amines) is 1. The predicted molar refractivity (Wildman–Crippen MR) is 97.6 cm³/mol. The molecule has 0 aromatic heterocycles. The fourth-order valence-corrected chi connectivity index (χ4v) is 3.01. The molecule has 134 valence electrons. The number of carbonyl (C=O) groups is 3. The molecule has 1 saturated heterocycles. The summed E-state index contributed by atoms with van der Waals surface area (Å²) in [5.74, 6) is -1.54. The zero-order valence-corrected chi connectivity index (χ0v) is 14.3. The average Bonchev–Trinajstić information content (AvgIpc) is 2.68. The molecule has 2 aromatic carbocycles. The first-order valence-electron chi connectivity index (χ1n) is 8.58. The number of aromatic carboxylic acids is 1. The van der Waals surface area contributed by atoms with Crippen LogP contribution in [0.5, 0.6) is 0 Å². The molecule has 3 rings (SSSR count). The van der Waals surface area contributed by atoms with Gasteiger partial charge in [0.15, 0.2) is 0 Å². The van der Waals surface area contributed by atoms with Crippen LogP contribution in [-0.2, 0) is 0 Å². The van der Waals surface area contributed by atoms with E-state index >= 15 is 0 Å². The van der Waals surface area contributed by atoms with Gasteiger partial charge in [-0.25, -0.2) is 4.79 Å². The summed E-state index contributed by atoms with van der Waals surface area (Å²) in [4.78, 5) is 37.8. The van der Waals surface area contributed by atoms with E-state index in [1.165, 1.54) is 18.2 Å². The second-order valence-corrected chi connectivity index (χ2v) is 6.27. The first-order valence-corrected chi connectivity index (χ1v) is 8.58. The number of piperidine rings is 1. The van der Waals surface area contributed by atoms with E-state index in [0.29, 0.717) is 11.3 Å². The van der Waals surface area contributed by atoms with Gasteiger partial charge in [0.25, 0.3) is 11.8 Å². The highest BCUT2D eigenvalue weighted by Gasteiger charge is 2.18. The van der Waals surface area contributed by atoms with Crippen LogP contribution in [0.1, 0.15) is 50.3 Å². The van der Waals surface area contributed by atoms with Crippen LogP contribution in [0.3, 0.4) is 0 Å². The zero-order valence-electron chi connectivity index (χ0n) is 14.3. The van der Waals surface area contributed by atoms with E-state index in [4.69, 9.17) is 5.11 Å². The minimum Gasteiger partial charge on any atom is -0.478 e. The molecule has 0 radical (unpaired) electrons. The van der Waals surface area contributed by atoms with Crippen molar-refractivity contribution in [1.82, 2.24) is 4.90 Å². The van der Waals surface area contributed by atoms with Crippen LogP contribution < -0.4 is 5.32 Å². The van der Waals surface area contributed by atoms with Crippen molar-refractivity contribution in [3.8, 4) is 0 Å². The Morgan fingerprint density at radius 2 is 1.50 bits per heavy atom. The number of nitrogens with zero attached hydrogens (tertiary/aromatic N) is 1. The molecule has 0 saturated carbocycles. The maximum absolute atomic E-state index is 12.6. The molecule has 0 spiro atoms. The predicted octanol–water partition coefficient (Wildman–Crippen LogP) is 3.26. The molecule has 0 bridgehead atoms. The van der Waals surface area contributed by atoms with Crippen molar-refractivity contribution in [3.63, 3.8) is 0 Å². The Bertz CT molecular complexity index is 841. The van der Waals surface area contributed by atoms with E-state index in [1.807, 2.05) is 4.90 Å². The van der Waals surface area contributed by atoms with Gasteiger partial charge in [0.2, 0.25) is 0 Å². The molecule has 6 nitrogen and oxygen atoms in total. The van der Waals surface area contributed by atoms with Crippen molar-refractivity contribution in [2.75, 3.05) is 18.4 Å². The van der Waals surface area contributed by atoms with Gasteiger partial charge in [-0.15, -0.1) is 0 Å². The number of carbonyl (C=O) groups excluding carboxylic acids is 2. The molecule has 26 heavy (non-hydrogen) atoms. The number of carboxylic acid groups (broad SMARTS) is 1. The van der Waals surface area contributed by atoms with Gasteiger partial charge in [-0.2, -0.15) is 0 Å². The molecule has 1 heterocycles. The van der Waals surface area contributed by atoms with Crippen molar-refractivity contribution in [1.29, 1.82) is 0 Å². The van der Waals surface area contributed by atoms with E-state index in [0.717, 1.165) is 32.4 Å². The van der Waals surface area contributed by atoms with Gasteiger partial charge in [-0.05, 0) is 55.7 Å². The number of benzene rings is 2. The molecule has 2 amide bonds. The number of amides is 2. The average molecular weight is 352 g/mol. The Morgan fingerprint density at radius 1 is 0.846 bits per heavy atom. The van der Waals surface area contributed by atoms with Gasteiger partial charge in [0, 0.05) is 29.9 Å². The highest BCUT2D eigenvalue weighted by atomic mass is 16.4. The van der Waals surface area contributed by atoms with Crippen molar-refractivity contribution in [3.05, 3.63) is 65.2 Å². The lowest BCUT2D eigenvalue weighted by molar-refractivity contribution is 0.0694. The summed E-state index contributed by atoms with van der Waals surface area (Å²) in [6, 6.07) is 12.6. The highest BCUT2D eigenvalue weighted by Crippen LogP contribution is 2.17. The normalized spacial score (nSPS) is 13.9. The first kappa shape index (κ1) is 17.7. The van der Waals surface area contributed by atoms with Gasteiger partial charge in [-0.1, -0.05) is 12.1 Å². The van der Waals surface area contributed by atoms with Crippen LogP contribution in [-0.4, -0.2) is 40.9 Å². The molecule has 0 aliphatic carbocycles. The van der Waals surface area contributed by atoms with Crippen LogP contribution in [0.15, 0.2) is 48.5 Å². The lowest BCUT2D eigenvalue weighted by Crippen LogP contribution is -2.35. The monoisotopic (exact) mass is 352 g/mol. The summed E-state index contributed by atoms with van der Waals surface area (Å²) >= 11 is 0. The lowest BCUT2D eigenvalue weighted by Gasteiger charge is -2.26. The van der Waals surface area contributed by atoms with Crippen molar-refractivity contribution in [2.24, 2.45) is 0 Å². The van der Waals surface area contributed by atoms with Crippen molar-refractivity contribution < 1.29 is 19.5 Å². The van der Waals surface area contributed by atoms with Crippen LogP contribution in [0.4, 0.5) is 5.69 Å². The molecule has 0 unspecified atom stereocenters. The topological polar surface area (TPSA) is 86.7 Å². The summed E-state index contributed by atoms with van der Waals surface area (Å²) in [5.41, 5.74) is 1.33. The Kier molecular flexibility index (Phi) is 5.31. The molecule has 2 aromatic rings. The summed E-state index contributed by atoms with van der Waals surface area (Å²) in [5, 5.41) is 11.7. The summed E-state index contributed by atoms with van der Waals surface area (Å²) in [6.45, 7) is 1.52. The molecule has 1 fully saturated rings. The summed E-state index contributed by atoms with van der Waals surface area (Å²) < 4.78 is 0. The van der Waals surface area contributed by atoms with Gasteiger partial charge in [0.05, 0.1) is 5.56 Å². The third-order valence-electron chi connectivity index (χ3n) is 4.38. The van der Waals surface area contributed by atoms with Crippen LogP contribution in [0, 0.1) is 0 Å². The molecule has 1 aliphatic heterocycles. The summed E-state index contributed by atoms with van der Waals surface area (Å²) in [6.07, 6.45) is 3.18. The number of carboxylic acids is 1. The Hall–Kier alpha value is -3.15. The quantitative estimate of drug-likeness (QED) is 0.884. The minimum absolute atomic E-state index is 0.0336. The molecule has 1 aliphatic rings. The Balaban J connectivity index is 1.74. The largest absolute Gasteiger partial charge is 0.478 e. The minimum atomic E-state index is -1.09. The smallest absolute Gasteiger partial charge is 0.335 e. The van der Waals surface area contributed by atoms with Crippen molar-refractivity contribution >= 4 is 23.5 Å². The van der Waals surface area contributed by atoms with E-state index in [9.17, 15) is 14.4 Å². The van der Waals surface area contributed by atoms with Gasteiger partial charge in [-0.3, -0.25) is 9.59 Å². The summed E-state index contributed by atoms with van der Waals surface area (Å²) in [7, 11) is 0. The molecular weight excluding hydrogens is 332 g/mol. The zero-order chi connectivity index (χ0) is 18.5.